The number of hydrogen-bond acceptors (Lipinski definition) is 1. The number of benzene rings is 1. The number of amides is 1. The number of nitrogens with one attached hydrogen (secondary N) is 1. The number of rotatable bonds is 5. The highest BCUT2D eigenvalue weighted by atomic mass is 35.5. The molecule has 0 radical (unpaired) electrons. The van der Waals surface area contributed by atoms with Gasteiger partial charge in [0.05, 0.1) is 0 Å². The molecule has 0 saturated heterocycles. The maximum Gasteiger partial charge on any atom is 0.243 e. The second kappa shape index (κ2) is 7.36. The summed E-state index contributed by atoms with van der Waals surface area (Å²) in [4.78, 5) is 11.4. The van der Waals surface area contributed by atoms with Crippen molar-refractivity contribution in [2.75, 3.05) is 6.54 Å². The van der Waals surface area contributed by atoms with Crippen LogP contribution in [0.25, 0.3) is 6.08 Å². The van der Waals surface area contributed by atoms with E-state index in [1.807, 2.05) is 0 Å². The van der Waals surface area contributed by atoms with Gasteiger partial charge < -0.3 is 5.32 Å². The molecule has 0 saturated carbocycles. The van der Waals surface area contributed by atoms with Crippen LogP contribution >= 0.6 is 23.2 Å². The Morgan fingerprint density at radius 3 is 2.88 bits per heavy atom. The van der Waals surface area contributed by atoms with Gasteiger partial charge in [0.2, 0.25) is 5.91 Å². The molecule has 0 unspecified atom stereocenters. The van der Waals surface area contributed by atoms with Crippen LogP contribution in [-0.4, -0.2) is 12.5 Å². The Kier molecular flexibility index (Phi) is 6.09. The zero-order chi connectivity index (χ0) is 12.7. The highest BCUT2D eigenvalue weighted by Gasteiger charge is 1.99. The average molecular weight is 272 g/mol. The zero-order valence-corrected chi connectivity index (χ0v) is 11.2. The molecule has 0 fully saturated rings. The van der Waals surface area contributed by atoms with Crippen LogP contribution in [0.15, 0.2) is 24.3 Å². The predicted molar refractivity (Wildman–Crippen MR) is 73.4 cm³/mol. The molecule has 1 aromatic carbocycles. The zero-order valence-electron chi connectivity index (χ0n) is 9.67. The molecule has 17 heavy (non-hydrogen) atoms. The summed E-state index contributed by atoms with van der Waals surface area (Å²) in [5.41, 5.74) is 0.741. The molecule has 92 valence electrons. The lowest BCUT2D eigenvalue weighted by Gasteiger charge is -2.01. The van der Waals surface area contributed by atoms with E-state index in [9.17, 15) is 4.79 Å². The van der Waals surface area contributed by atoms with E-state index in [-0.39, 0.29) is 5.91 Å². The van der Waals surface area contributed by atoms with Gasteiger partial charge in [-0.3, -0.25) is 4.79 Å². The number of halogens is 2. The van der Waals surface area contributed by atoms with Crippen LogP contribution in [0.3, 0.4) is 0 Å². The number of unbranched alkanes of at least 4 members (excludes halogenated alkanes) is 1. The fourth-order valence-electron chi connectivity index (χ4n) is 1.26. The summed E-state index contributed by atoms with van der Waals surface area (Å²) >= 11 is 11.8. The van der Waals surface area contributed by atoms with Crippen LogP contribution in [-0.2, 0) is 4.79 Å². The van der Waals surface area contributed by atoms with Crippen molar-refractivity contribution in [3.05, 3.63) is 39.9 Å². The van der Waals surface area contributed by atoms with Crippen molar-refractivity contribution < 1.29 is 4.79 Å². The molecular formula is C13H15Cl2NO. The monoisotopic (exact) mass is 271 g/mol. The van der Waals surface area contributed by atoms with Crippen molar-refractivity contribution in [1.29, 1.82) is 0 Å². The minimum absolute atomic E-state index is 0.116. The molecule has 0 heterocycles. The van der Waals surface area contributed by atoms with Gasteiger partial charge in [-0.05, 0) is 36.3 Å². The highest BCUT2D eigenvalue weighted by molar-refractivity contribution is 6.34. The summed E-state index contributed by atoms with van der Waals surface area (Å²) in [7, 11) is 0. The normalized spacial score (nSPS) is 10.8. The Morgan fingerprint density at radius 1 is 1.41 bits per heavy atom. The van der Waals surface area contributed by atoms with Gasteiger partial charge in [-0.15, -0.1) is 0 Å². The van der Waals surface area contributed by atoms with E-state index in [1.165, 1.54) is 6.08 Å². The summed E-state index contributed by atoms with van der Waals surface area (Å²) < 4.78 is 0. The fraction of sp³-hybridized carbons (Fsp3) is 0.308. The van der Waals surface area contributed by atoms with Gasteiger partial charge >= 0.3 is 0 Å². The summed E-state index contributed by atoms with van der Waals surface area (Å²) in [6.07, 6.45) is 5.17. The van der Waals surface area contributed by atoms with E-state index < -0.39 is 0 Å². The molecule has 0 spiro atoms. The van der Waals surface area contributed by atoms with Crippen LogP contribution in [0.5, 0.6) is 0 Å². The molecule has 1 N–H and O–H groups in total. The minimum atomic E-state index is -0.116. The van der Waals surface area contributed by atoms with E-state index in [0.717, 1.165) is 18.4 Å². The maximum atomic E-state index is 11.4. The molecule has 2 nitrogen and oxygen atoms in total. The molecule has 0 aliphatic carbocycles. The van der Waals surface area contributed by atoms with Crippen molar-refractivity contribution in [2.45, 2.75) is 19.8 Å². The third-order valence-electron chi connectivity index (χ3n) is 2.20. The van der Waals surface area contributed by atoms with Gasteiger partial charge in [-0.1, -0.05) is 36.5 Å². The van der Waals surface area contributed by atoms with Crippen LogP contribution in [0.4, 0.5) is 0 Å². The Balaban J connectivity index is 2.57. The number of carbonyl (C=O) groups is 1. The van der Waals surface area contributed by atoms with E-state index in [4.69, 9.17) is 23.2 Å². The molecule has 0 bridgehead atoms. The van der Waals surface area contributed by atoms with Crippen molar-refractivity contribution in [3.63, 3.8) is 0 Å². The third kappa shape index (κ3) is 5.24. The first-order valence-electron chi connectivity index (χ1n) is 5.54. The van der Waals surface area contributed by atoms with Gasteiger partial charge in [0.25, 0.3) is 0 Å². The van der Waals surface area contributed by atoms with Crippen LogP contribution in [0.2, 0.25) is 10.0 Å². The Morgan fingerprint density at radius 2 is 2.18 bits per heavy atom. The van der Waals surface area contributed by atoms with Crippen LogP contribution < -0.4 is 5.32 Å². The Bertz CT molecular complexity index is 416. The SMILES string of the molecule is CCCCNC(=O)/C=C/c1cc(Cl)ccc1Cl. The number of hydrogen-bond donors (Lipinski definition) is 1. The smallest absolute Gasteiger partial charge is 0.243 e. The minimum Gasteiger partial charge on any atom is -0.353 e. The molecular weight excluding hydrogens is 257 g/mol. The van der Waals surface area contributed by atoms with E-state index in [1.54, 1.807) is 24.3 Å². The first-order chi connectivity index (χ1) is 8.13. The maximum absolute atomic E-state index is 11.4. The lowest BCUT2D eigenvalue weighted by Crippen LogP contribution is -2.21. The van der Waals surface area contributed by atoms with Crippen molar-refractivity contribution in [2.24, 2.45) is 0 Å². The highest BCUT2D eigenvalue weighted by Crippen LogP contribution is 2.21. The summed E-state index contributed by atoms with van der Waals surface area (Å²) in [6.45, 7) is 2.77. The molecule has 0 aromatic heterocycles. The molecule has 1 rings (SSSR count). The summed E-state index contributed by atoms with van der Waals surface area (Å²) in [5.74, 6) is -0.116. The van der Waals surface area contributed by atoms with E-state index in [2.05, 4.69) is 12.2 Å². The van der Waals surface area contributed by atoms with Crippen LogP contribution in [0, 0.1) is 0 Å². The van der Waals surface area contributed by atoms with Crippen molar-refractivity contribution in [1.82, 2.24) is 5.32 Å². The standard InChI is InChI=1S/C13H15Cl2NO/c1-2-3-8-16-13(17)7-4-10-9-11(14)5-6-12(10)15/h4-7,9H,2-3,8H2,1H3,(H,16,17)/b7-4+. The second-order valence-corrected chi connectivity index (χ2v) is 4.49. The van der Waals surface area contributed by atoms with Gasteiger partial charge in [0.15, 0.2) is 0 Å². The predicted octanol–water partition coefficient (Wildman–Crippen LogP) is 3.92. The van der Waals surface area contributed by atoms with Crippen molar-refractivity contribution in [3.8, 4) is 0 Å². The van der Waals surface area contributed by atoms with Gasteiger partial charge in [0, 0.05) is 22.7 Å². The number of carbonyl (C=O) groups excluding carboxylic acids is 1. The quantitative estimate of drug-likeness (QED) is 0.638. The fourth-order valence-corrected chi connectivity index (χ4v) is 1.62. The molecule has 4 heteroatoms. The van der Waals surface area contributed by atoms with E-state index >= 15 is 0 Å². The molecule has 0 aliphatic rings. The first-order valence-corrected chi connectivity index (χ1v) is 6.30. The largest absolute Gasteiger partial charge is 0.353 e. The van der Waals surface area contributed by atoms with Crippen molar-refractivity contribution >= 4 is 35.2 Å². The lowest BCUT2D eigenvalue weighted by molar-refractivity contribution is -0.116. The first kappa shape index (κ1) is 14.1. The lowest BCUT2D eigenvalue weighted by atomic mass is 10.2. The molecule has 1 amide bonds. The Hall–Kier alpha value is -0.990. The van der Waals surface area contributed by atoms with E-state index in [0.29, 0.717) is 16.6 Å². The average Bonchev–Trinajstić information content (AvgIpc) is 2.31. The van der Waals surface area contributed by atoms with Crippen LogP contribution in [0.1, 0.15) is 25.3 Å². The third-order valence-corrected chi connectivity index (χ3v) is 2.78. The van der Waals surface area contributed by atoms with Gasteiger partial charge in [-0.2, -0.15) is 0 Å². The second-order valence-electron chi connectivity index (χ2n) is 3.64. The molecule has 0 aliphatic heterocycles. The van der Waals surface area contributed by atoms with Gasteiger partial charge in [-0.25, -0.2) is 0 Å². The molecule has 1 aromatic rings. The van der Waals surface area contributed by atoms with Gasteiger partial charge in [0.1, 0.15) is 0 Å². The topological polar surface area (TPSA) is 29.1 Å². The summed E-state index contributed by atoms with van der Waals surface area (Å²) in [6, 6.07) is 5.14. The summed E-state index contributed by atoms with van der Waals surface area (Å²) in [5, 5.41) is 3.96. The molecule has 0 atom stereocenters. The Labute approximate surface area is 112 Å².